The number of rotatable bonds is 6. The second-order valence-electron chi connectivity index (χ2n) is 5.26. The van der Waals surface area contributed by atoms with E-state index in [0.717, 1.165) is 0 Å². The standard InChI is InChI=1S/C15H24O6/c1-6-7-18-15-14(20-12(5)17)10(3)9(2)13(21-15)8-19-11(4)16/h6,9-10,13-15H,1,7-8H2,2-5H3/t9-,10-,13?,14?,15-/m0/s1. The summed E-state index contributed by atoms with van der Waals surface area (Å²) in [5.74, 6) is -0.673. The fourth-order valence-corrected chi connectivity index (χ4v) is 2.30. The summed E-state index contributed by atoms with van der Waals surface area (Å²) in [6.07, 6.45) is 0.105. The van der Waals surface area contributed by atoms with Gasteiger partial charge in [-0.15, -0.1) is 6.58 Å². The Morgan fingerprint density at radius 3 is 2.38 bits per heavy atom. The second-order valence-corrected chi connectivity index (χ2v) is 5.26. The van der Waals surface area contributed by atoms with E-state index in [1.54, 1.807) is 6.08 Å². The lowest BCUT2D eigenvalue weighted by atomic mass is 9.83. The van der Waals surface area contributed by atoms with Crippen molar-refractivity contribution >= 4 is 11.9 Å². The van der Waals surface area contributed by atoms with Crippen molar-refractivity contribution in [3.8, 4) is 0 Å². The van der Waals surface area contributed by atoms with Gasteiger partial charge in [0.25, 0.3) is 0 Å². The minimum absolute atomic E-state index is 0.0121. The van der Waals surface area contributed by atoms with Gasteiger partial charge in [-0.25, -0.2) is 0 Å². The summed E-state index contributed by atoms with van der Waals surface area (Å²) in [5, 5.41) is 0. The van der Waals surface area contributed by atoms with E-state index in [9.17, 15) is 9.59 Å². The predicted octanol–water partition coefficient (Wildman–Crippen LogP) is 1.68. The van der Waals surface area contributed by atoms with Gasteiger partial charge in [0.05, 0.1) is 12.7 Å². The van der Waals surface area contributed by atoms with Gasteiger partial charge in [-0.05, 0) is 5.92 Å². The number of hydrogen-bond donors (Lipinski definition) is 0. The molecule has 1 heterocycles. The smallest absolute Gasteiger partial charge is 0.303 e. The van der Waals surface area contributed by atoms with Crippen LogP contribution < -0.4 is 0 Å². The van der Waals surface area contributed by atoms with E-state index in [4.69, 9.17) is 18.9 Å². The topological polar surface area (TPSA) is 71.1 Å². The van der Waals surface area contributed by atoms with Gasteiger partial charge in [0, 0.05) is 19.8 Å². The van der Waals surface area contributed by atoms with Gasteiger partial charge in [-0.2, -0.15) is 0 Å². The van der Waals surface area contributed by atoms with E-state index in [-0.39, 0.29) is 43.1 Å². The third kappa shape index (κ3) is 5.13. The monoisotopic (exact) mass is 300 g/mol. The van der Waals surface area contributed by atoms with Crippen molar-refractivity contribution in [2.45, 2.75) is 46.2 Å². The zero-order valence-electron chi connectivity index (χ0n) is 13.0. The first kappa shape index (κ1) is 17.7. The lowest BCUT2D eigenvalue weighted by Crippen LogP contribution is -2.53. The van der Waals surface area contributed by atoms with Gasteiger partial charge in [-0.3, -0.25) is 9.59 Å². The molecule has 0 N–H and O–H groups in total. The molecule has 1 rings (SSSR count). The lowest BCUT2D eigenvalue weighted by molar-refractivity contribution is -0.277. The van der Waals surface area contributed by atoms with Gasteiger partial charge in [0.15, 0.2) is 12.4 Å². The van der Waals surface area contributed by atoms with Crippen LogP contribution >= 0.6 is 0 Å². The van der Waals surface area contributed by atoms with Crippen LogP contribution in [-0.2, 0) is 28.5 Å². The van der Waals surface area contributed by atoms with Crippen LogP contribution in [0.4, 0.5) is 0 Å². The van der Waals surface area contributed by atoms with Crippen LogP contribution in [0, 0.1) is 11.8 Å². The molecule has 0 aromatic carbocycles. The molecule has 0 aromatic heterocycles. The van der Waals surface area contributed by atoms with Crippen LogP contribution in [0.3, 0.4) is 0 Å². The van der Waals surface area contributed by atoms with Crippen LogP contribution in [0.2, 0.25) is 0 Å². The maximum atomic E-state index is 11.3. The Balaban J connectivity index is 2.79. The molecule has 1 aliphatic rings. The summed E-state index contributed by atoms with van der Waals surface area (Å²) in [6, 6.07) is 0. The van der Waals surface area contributed by atoms with Crippen molar-refractivity contribution in [1.82, 2.24) is 0 Å². The Morgan fingerprint density at radius 1 is 1.19 bits per heavy atom. The highest BCUT2D eigenvalue weighted by Crippen LogP contribution is 2.33. The summed E-state index contributed by atoms with van der Waals surface area (Å²) >= 11 is 0. The van der Waals surface area contributed by atoms with Crippen molar-refractivity contribution in [1.29, 1.82) is 0 Å². The van der Waals surface area contributed by atoms with Crippen LogP contribution in [-0.4, -0.2) is 43.7 Å². The number of esters is 2. The molecule has 5 atom stereocenters. The summed E-state index contributed by atoms with van der Waals surface area (Å²) < 4.78 is 21.7. The van der Waals surface area contributed by atoms with E-state index >= 15 is 0 Å². The summed E-state index contributed by atoms with van der Waals surface area (Å²) in [6.45, 7) is 10.7. The molecule has 0 spiro atoms. The van der Waals surface area contributed by atoms with Gasteiger partial charge < -0.3 is 18.9 Å². The highest BCUT2D eigenvalue weighted by molar-refractivity contribution is 5.66. The van der Waals surface area contributed by atoms with Crippen molar-refractivity contribution in [3.05, 3.63) is 12.7 Å². The van der Waals surface area contributed by atoms with Crippen molar-refractivity contribution in [2.24, 2.45) is 11.8 Å². The minimum atomic E-state index is -0.696. The first-order valence-electron chi connectivity index (χ1n) is 7.05. The Labute approximate surface area is 125 Å². The van der Waals surface area contributed by atoms with Crippen LogP contribution in [0.25, 0.3) is 0 Å². The molecule has 0 aromatic rings. The highest BCUT2D eigenvalue weighted by atomic mass is 16.7. The third-order valence-corrected chi connectivity index (χ3v) is 3.64. The number of ether oxygens (including phenoxy) is 4. The highest BCUT2D eigenvalue weighted by Gasteiger charge is 2.44. The molecule has 6 nitrogen and oxygen atoms in total. The summed E-state index contributed by atoms with van der Waals surface area (Å²) in [4.78, 5) is 22.2. The number of carbonyl (C=O) groups excluding carboxylic acids is 2. The first-order chi connectivity index (χ1) is 9.86. The maximum absolute atomic E-state index is 11.3. The molecule has 21 heavy (non-hydrogen) atoms. The SMILES string of the molecule is C=CCO[C@H]1OC(COC(C)=O)[C@@H](C)[C@H](C)C1OC(C)=O. The summed E-state index contributed by atoms with van der Waals surface area (Å²) in [7, 11) is 0. The molecule has 2 unspecified atom stereocenters. The molecule has 6 heteroatoms. The number of carbonyl (C=O) groups is 2. The summed E-state index contributed by atoms with van der Waals surface area (Å²) in [5.41, 5.74) is 0. The van der Waals surface area contributed by atoms with E-state index in [2.05, 4.69) is 6.58 Å². The zero-order chi connectivity index (χ0) is 16.0. The lowest BCUT2D eigenvalue weighted by Gasteiger charge is -2.43. The van der Waals surface area contributed by atoms with E-state index < -0.39 is 12.4 Å². The molecular formula is C15H24O6. The van der Waals surface area contributed by atoms with E-state index in [0.29, 0.717) is 0 Å². The molecule has 0 amide bonds. The van der Waals surface area contributed by atoms with Crippen molar-refractivity contribution in [3.63, 3.8) is 0 Å². The van der Waals surface area contributed by atoms with Crippen LogP contribution in [0.15, 0.2) is 12.7 Å². The van der Waals surface area contributed by atoms with E-state index in [1.165, 1.54) is 13.8 Å². The minimum Gasteiger partial charge on any atom is -0.463 e. The molecule has 0 radical (unpaired) electrons. The fraction of sp³-hybridized carbons (Fsp3) is 0.733. The average molecular weight is 300 g/mol. The van der Waals surface area contributed by atoms with Gasteiger partial charge in [0.2, 0.25) is 0 Å². The molecule has 1 fully saturated rings. The third-order valence-electron chi connectivity index (χ3n) is 3.64. The number of hydrogen-bond acceptors (Lipinski definition) is 6. The molecule has 0 aliphatic carbocycles. The second kappa shape index (κ2) is 8.14. The van der Waals surface area contributed by atoms with Crippen molar-refractivity contribution < 1.29 is 28.5 Å². The molecule has 0 bridgehead atoms. The van der Waals surface area contributed by atoms with Gasteiger partial charge in [-0.1, -0.05) is 19.9 Å². The molecule has 1 aliphatic heterocycles. The van der Waals surface area contributed by atoms with Crippen LogP contribution in [0.5, 0.6) is 0 Å². The van der Waals surface area contributed by atoms with Gasteiger partial charge in [0.1, 0.15) is 6.61 Å². The Bertz CT molecular complexity index is 378. The molecule has 120 valence electrons. The normalized spacial score (nSPS) is 32.3. The first-order valence-corrected chi connectivity index (χ1v) is 7.05. The van der Waals surface area contributed by atoms with Crippen molar-refractivity contribution in [2.75, 3.05) is 13.2 Å². The average Bonchev–Trinajstić information content (AvgIpc) is 2.41. The molecule has 0 saturated carbocycles. The molecule has 1 saturated heterocycles. The fourth-order valence-electron chi connectivity index (χ4n) is 2.30. The maximum Gasteiger partial charge on any atom is 0.303 e. The predicted molar refractivity (Wildman–Crippen MR) is 75.3 cm³/mol. The Kier molecular flexibility index (Phi) is 6.84. The largest absolute Gasteiger partial charge is 0.463 e. The Hall–Kier alpha value is -1.40. The van der Waals surface area contributed by atoms with Crippen LogP contribution in [0.1, 0.15) is 27.7 Å². The van der Waals surface area contributed by atoms with Gasteiger partial charge >= 0.3 is 11.9 Å². The Morgan fingerprint density at radius 2 is 1.86 bits per heavy atom. The quantitative estimate of drug-likeness (QED) is 0.549. The zero-order valence-corrected chi connectivity index (χ0v) is 13.0. The molecular weight excluding hydrogens is 276 g/mol. The van der Waals surface area contributed by atoms with E-state index in [1.807, 2.05) is 13.8 Å².